The number of benzene rings is 2. The van der Waals surface area contributed by atoms with Crippen LogP contribution in [0.4, 0.5) is 8.78 Å². The van der Waals surface area contributed by atoms with Gasteiger partial charge in [0.05, 0.1) is 16.5 Å². The van der Waals surface area contributed by atoms with E-state index < -0.39 is 56.0 Å². The summed E-state index contributed by atoms with van der Waals surface area (Å²) in [5.41, 5.74) is 1.37. The molecule has 12 heteroatoms. The molecule has 0 saturated heterocycles. The molecule has 0 aromatic heterocycles. The van der Waals surface area contributed by atoms with Gasteiger partial charge in [0.25, 0.3) is 0 Å². The van der Waals surface area contributed by atoms with Crippen LogP contribution in [0.15, 0.2) is 24.3 Å². The molecule has 2 aromatic carbocycles. The highest BCUT2D eigenvalue weighted by Crippen LogP contribution is 2.66. The Kier molecular flexibility index (Phi) is 8.20. The Hall–Kier alpha value is -3.38. The fraction of sp³-hybridized carbons (Fsp3) is 0.559. The number of carbonyl (C=O) groups excluding carboxylic acids is 3. The number of halogens is 2. The Balaban J connectivity index is 1.55. The van der Waals surface area contributed by atoms with E-state index in [0.717, 1.165) is 27.8 Å². The Morgan fingerprint density at radius 1 is 0.848 bits per heavy atom. The van der Waals surface area contributed by atoms with Crippen LogP contribution in [0.1, 0.15) is 99.5 Å². The molecule has 5 atom stereocenters. The molecule has 250 valence electrons. The zero-order valence-corrected chi connectivity index (χ0v) is 27.9. The Bertz CT molecular complexity index is 1750. The van der Waals surface area contributed by atoms with Gasteiger partial charge in [0.15, 0.2) is 6.10 Å². The van der Waals surface area contributed by atoms with E-state index in [-0.39, 0.29) is 31.6 Å². The molecule has 4 fully saturated rings. The fourth-order valence-electron chi connectivity index (χ4n) is 8.30. The second kappa shape index (κ2) is 11.1. The summed E-state index contributed by atoms with van der Waals surface area (Å²) in [7, 11) is -5.89. The lowest BCUT2D eigenvalue weighted by atomic mass is 9.46. The van der Waals surface area contributed by atoms with E-state index in [1.807, 2.05) is 45.9 Å². The van der Waals surface area contributed by atoms with Crippen LogP contribution in [0.3, 0.4) is 0 Å². The maximum atomic E-state index is 14.5. The van der Waals surface area contributed by atoms with Crippen molar-refractivity contribution in [2.45, 2.75) is 110 Å². The molecular formula is C34H40F2O9S. The van der Waals surface area contributed by atoms with E-state index in [9.17, 15) is 31.6 Å². The third-order valence-corrected chi connectivity index (χ3v) is 11.3. The van der Waals surface area contributed by atoms with Crippen molar-refractivity contribution in [3.05, 3.63) is 68.8 Å². The Labute approximate surface area is 267 Å². The number of esters is 3. The van der Waals surface area contributed by atoms with E-state index in [4.69, 9.17) is 18.8 Å². The number of hydrogen-bond donors (Lipinski definition) is 1. The molecule has 4 aliphatic rings. The SMILES string of the molecule is Cc1cc(C)c(C)c(C(=O)OC23CC4CC(OC(=O)c5c(C)ccc(C)c5C)(C2)CC(C(=O)OC(C)C(F)(F)S(=O)(=O)O)(C4)C3)c1. The summed E-state index contributed by atoms with van der Waals surface area (Å²) < 4.78 is 78.5. The summed E-state index contributed by atoms with van der Waals surface area (Å²) >= 11 is 0. The normalized spacial score (nSPS) is 27.7. The molecule has 0 aliphatic heterocycles. The molecule has 0 heterocycles. The molecule has 2 aromatic rings. The molecule has 4 saturated carbocycles. The van der Waals surface area contributed by atoms with Crippen LogP contribution < -0.4 is 0 Å². The highest BCUT2D eigenvalue weighted by molar-refractivity contribution is 7.86. The van der Waals surface area contributed by atoms with Crippen molar-refractivity contribution in [3.63, 3.8) is 0 Å². The first kappa shape index (κ1) is 34.0. The van der Waals surface area contributed by atoms with Crippen LogP contribution in [-0.4, -0.2) is 53.4 Å². The smallest absolute Gasteiger partial charge is 0.405 e. The van der Waals surface area contributed by atoms with Crippen molar-refractivity contribution in [1.82, 2.24) is 0 Å². The summed E-state index contributed by atoms with van der Waals surface area (Å²) in [5.74, 6) is -2.66. The van der Waals surface area contributed by atoms with E-state index in [2.05, 4.69) is 0 Å². The van der Waals surface area contributed by atoms with Crippen LogP contribution in [0.25, 0.3) is 0 Å². The van der Waals surface area contributed by atoms with Crippen molar-refractivity contribution in [2.75, 3.05) is 0 Å². The molecular weight excluding hydrogens is 622 g/mol. The number of rotatable bonds is 8. The monoisotopic (exact) mass is 662 g/mol. The topological polar surface area (TPSA) is 133 Å². The third-order valence-electron chi connectivity index (χ3n) is 10.3. The lowest BCUT2D eigenvalue weighted by Crippen LogP contribution is -2.67. The van der Waals surface area contributed by atoms with Gasteiger partial charge in [0.2, 0.25) is 0 Å². The number of hydrogen-bond acceptors (Lipinski definition) is 8. The van der Waals surface area contributed by atoms with Gasteiger partial charge in [-0.05, 0) is 113 Å². The van der Waals surface area contributed by atoms with E-state index in [1.165, 1.54) is 0 Å². The molecule has 6 rings (SSSR count). The van der Waals surface area contributed by atoms with Crippen molar-refractivity contribution in [3.8, 4) is 0 Å². The first-order chi connectivity index (χ1) is 21.1. The maximum Gasteiger partial charge on any atom is 0.405 e. The summed E-state index contributed by atoms with van der Waals surface area (Å²) in [6.07, 6.45) is -1.70. The van der Waals surface area contributed by atoms with Crippen molar-refractivity contribution < 1.29 is 50.3 Å². The van der Waals surface area contributed by atoms with Crippen LogP contribution in [0.2, 0.25) is 0 Å². The molecule has 46 heavy (non-hydrogen) atoms. The van der Waals surface area contributed by atoms with Gasteiger partial charge in [0, 0.05) is 19.3 Å². The van der Waals surface area contributed by atoms with Gasteiger partial charge in [-0.25, -0.2) is 9.59 Å². The summed E-state index contributed by atoms with van der Waals surface area (Å²) in [5, 5.41) is -4.76. The number of aryl methyl sites for hydroxylation is 4. The molecule has 4 aliphatic carbocycles. The average Bonchev–Trinajstić information content (AvgIpc) is 2.90. The van der Waals surface area contributed by atoms with Gasteiger partial charge < -0.3 is 14.2 Å². The fourth-order valence-corrected chi connectivity index (χ4v) is 8.77. The van der Waals surface area contributed by atoms with Crippen molar-refractivity contribution in [1.29, 1.82) is 0 Å². The molecule has 1 N–H and O–H groups in total. The third kappa shape index (κ3) is 5.72. The minimum Gasteiger partial charge on any atom is -0.455 e. The zero-order chi connectivity index (χ0) is 34.2. The highest BCUT2D eigenvalue weighted by Gasteiger charge is 2.70. The number of alkyl halides is 2. The average molecular weight is 663 g/mol. The van der Waals surface area contributed by atoms with Crippen LogP contribution >= 0.6 is 0 Å². The first-order valence-corrected chi connectivity index (χ1v) is 16.7. The zero-order valence-electron chi connectivity index (χ0n) is 27.1. The summed E-state index contributed by atoms with van der Waals surface area (Å²) in [4.78, 5) is 41.5. The second-order valence-electron chi connectivity index (χ2n) is 14.0. The van der Waals surface area contributed by atoms with Crippen LogP contribution in [0.5, 0.6) is 0 Å². The minimum absolute atomic E-state index is 0.0863. The van der Waals surface area contributed by atoms with Crippen LogP contribution in [-0.2, 0) is 29.1 Å². The minimum atomic E-state index is -5.89. The van der Waals surface area contributed by atoms with Crippen molar-refractivity contribution in [2.24, 2.45) is 11.3 Å². The lowest BCUT2D eigenvalue weighted by molar-refractivity contribution is -0.241. The van der Waals surface area contributed by atoms with Crippen LogP contribution in [0, 0.1) is 52.9 Å². The van der Waals surface area contributed by atoms with Crippen molar-refractivity contribution >= 4 is 28.0 Å². The second-order valence-corrected chi connectivity index (χ2v) is 15.5. The Morgan fingerprint density at radius 2 is 1.41 bits per heavy atom. The standard InChI is InChI=1S/C34H40F2O9S/c1-18-10-21(4)22(5)26(11-18)28(37)44-32-13-25-12-31(15-32,30(39)43-24(7)34(35,36)46(40,41)42)16-33(14-25,17-32)45-29(38)27-20(3)9-8-19(2)23(27)6/h8-11,24-25H,12-17H2,1-7H3,(H,40,41,42). The van der Waals surface area contributed by atoms with E-state index in [1.54, 1.807) is 19.9 Å². The van der Waals surface area contributed by atoms with Gasteiger partial charge in [-0.1, -0.05) is 18.2 Å². The Morgan fingerprint density at radius 3 is 2.00 bits per heavy atom. The lowest BCUT2D eigenvalue weighted by Gasteiger charge is -2.63. The predicted molar refractivity (Wildman–Crippen MR) is 163 cm³/mol. The quantitative estimate of drug-likeness (QED) is 0.193. The van der Waals surface area contributed by atoms with Gasteiger partial charge in [-0.3, -0.25) is 9.35 Å². The predicted octanol–water partition coefficient (Wildman–Crippen LogP) is 6.42. The van der Waals surface area contributed by atoms with E-state index in [0.29, 0.717) is 36.5 Å². The number of ether oxygens (including phenoxy) is 3. The summed E-state index contributed by atoms with van der Waals surface area (Å²) in [6.45, 7) is 11.7. The maximum absolute atomic E-state index is 14.5. The number of carbonyl (C=O) groups is 3. The molecule has 9 nitrogen and oxygen atoms in total. The van der Waals surface area contributed by atoms with Gasteiger partial charge >= 0.3 is 33.3 Å². The first-order valence-electron chi connectivity index (χ1n) is 15.3. The van der Waals surface area contributed by atoms with Gasteiger partial charge in [0.1, 0.15) is 11.2 Å². The molecule has 5 unspecified atom stereocenters. The summed E-state index contributed by atoms with van der Waals surface area (Å²) in [6, 6.07) is 7.36. The molecule has 0 amide bonds. The molecule has 0 spiro atoms. The van der Waals surface area contributed by atoms with Gasteiger partial charge in [-0.2, -0.15) is 17.2 Å². The molecule has 4 bridgehead atoms. The molecule has 0 radical (unpaired) electrons. The highest BCUT2D eigenvalue weighted by atomic mass is 32.2. The largest absolute Gasteiger partial charge is 0.455 e. The van der Waals surface area contributed by atoms with Gasteiger partial charge in [-0.15, -0.1) is 0 Å². The van der Waals surface area contributed by atoms with E-state index >= 15 is 0 Å².